The van der Waals surface area contributed by atoms with Crippen LogP contribution in [0.15, 0.2) is 72.8 Å². The average Bonchev–Trinajstić information content (AvgIpc) is 2.83. The fraction of sp³-hybridized carbons (Fsp3) is 0.269. The van der Waals surface area contributed by atoms with Crippen molar-refractivity contribution in [2.45, 2.75) is 26.9 Å². The predicted octanol–water partition coefficient (Wildman–Crippen LogP) is 5.08. The number of anilines is 2. The third-order valence-electron chi connectivity index (χ3n) is 5.61. The molecule has 0 atom stereocenters. The summed E-state index contributed by atoms with van der Waals surface area (Å²) in [6.07, 6.45) is 1.15. The lowest BCUT2D eigenvalue weighted by molar-refractivity contribution is 0.0951. The van der Waals surface area contributed by atoms with Gasteiger partial charge in [0.05, 0.1) is 18.5 Å². The van der Waals surface area contributed by atoms with Crippen LogP contribution in [0, 0.1) is 0 Å². The molecule has 3 rings (SSSR count). The van der Waals surface area contributed by atoms with Crippen molar-refractivity contribution in [3.05, 3.63) is 94.5 Å². The second-order valence-corrected chi connectivity index (χ2v) is 10.2. The van der Waals surface area contributed by atoms with Gasteiger partial charge in [-0.25, -0.2) is 8.42 Å². The van der Waals surface area contributed by atoms with Crippen LogP contribution in [0.25, 0.3) is 0 Å². The van der Waals surface area contributed by atoms with E-state index in [-0.39, 0.29) is 12.5 Å². The number of sulfonamides is 1. The molecule has 8 heteroatoms. The molecule has 1 amide bonds. The Morgan fingerprint density at radius 2 is 1.47 bits per heavy atom. The molecule has 3 aromatic carbocycles. The van der Waals surface area contributed by atoms with Gasteiger partial charge in [0.1, 0.15) is 0 Å². The number of benzene rings is 3. The number of rotatable bonds is 10. The Bertz CT molecular complexity index is 1210. The minimum absolute atomic E-state index is 0.105. The molecule has 0 bridgehead atoms. The normalized spacial score (nSPS) is 11.2. The minimum atomic E-state index is -3.56. The van der Waals surface area contributed by atoms with Crippen LogP contribution in [0.4, 0.5) is 11.4 Å². The van der Waals surface area contributed by atoms with E-state index in [1.54, 1.807) is 42.5 Å². The van der Waals surface area contributed by atoms with Crippen molar-refractivity contribution < 1.29 is 13.2 Å². The summed E-state index contributed by atoms with van der Waals surface area (Å²) in [6.45, 7) is 6.63. The molecule has 0 aromatic heterocycles. The zero-order valence-electron chi connectivity index (χ0n) is 19.7. The van der Waals surface area contributed by atoms with E-state index in [4.69, 9.17) is 11.6 Å². The molecule has 3 aromatic rings. The van der Waals surface area contributed by atoms with Gasteiger partial charge in [-0.3, -0.25) is 9.10 Å². The molecule has 0 aliphatic rings. The van der Waals surface area contributed by atoms with Gasteiger partial charge in [0.25, 0.3) is 5.91 Å². The first kappa shape index (κ1) is 25.6. The molecular formula is C26H30ClN3O3S. The fourth-order valence-corrected chi connectivity index (χ4v) is 4.73. The van der Waals surface area contributed by atoms with Gasteiger partial charge in [-0.15, -0.1) is 0 Å². The second-order valence-electron chi connectivity index (χ2n) is 7.93. The number of amides is 1. The number of halogens is 1. The van der Waals surface area contributed by atoms with Crippen molar-refractivity contribution in [2.75, 3.05) is 28.6 Å². The van der Waals surface area contributed by atoms with E-state index in [1.165, 1.54) is 4.31 Å². The number of carbonyl (C=O) groups is 1. The van der Waals surface area contributed by atoms with E-state index in [0.29, 0.717) is 28.4 Å². The molecule has 0 unspecified atom stereocenters. The van der Waals surface area contributed by atoms with Crippen molar-refractivity contribution in [3.8, 4) is 0 Å². The Kier molecular flexibility index (Phi) is 8.58. The van der Waals surface area contributed by atoms with Gasteiger partial charge in [0, 0.05) is 35.9 Å². The zero-order chi connectivity index (χ0) is 24.7. The standard InChI is InChI=1S/C26H30ClN3O3S/c1-4-29(5-2)23-14-10-20(11-15-23)18-28-26(31)21-12-16-24(17-13-21)30(34(3,32)33)19-22-8-6-7-9-25(22)27/h6-17H,4-5,18-19H2,1-3H3,(H,28,31). The summed E-state index contributed by atoms with van der Waals surface area (Å²) in [5, 5.41) is 3.41. The highest BCUT2D eigenvalue weighted by Gasteiger charge is 2.19. The lowest BCUT2D eigenvalue weighted by Gasteiger charge is -2.23. The third-order valence-corrected chi connectivity index (χ3v) is 7.12. The average molecular weight is 500 g/mol. The van der Waals surface area contributed by atoms with Gasteiger partial charge in [-0.1, -0.05) is 41.9 Å². The Labute approximate surface area is 207 Å². The number of hydrogen-bond acceptors (Lipinski definition) is 4. The summed E-state index contributed by atoms with van der Waals surface area (Å²) >= 11 is 6.22. The summed E-state index contributed by atoms with van der Waals surface area (Å²) in [7, 11) is -3.56. The molecule has 34 heavy (non-hydrogen) atoms. The van der Waals surface area contributed by atoms with Crippen LogP contribution < -0.4 is 14.5 Å². The maximum Gasteiger partial charge on any atom is 0.251 e. The molecule has 0 saturated carbocycles. The van der Waals surface area contributed by atoms with Crippen molar-refractivity contribution in [3.63, 3.8) is 0 Å². The van der Waals surface area contributed by atoms with Crippen LogP contribution in [0.3, 0.4) is 0 Å². The van der Waals surface area contributed by atoms with Crippen LogP contribution in [0.5, 0.6) is 0 Å². The van der Waals surface area contributed by atoms with E-state index >= 15 is 0 Å². The summed E-state index contributed by atoms with van der Waals surface area (Å²) in [6, 6.07) is 21.8. The first-order valence-corrected chi connectivity index (χ1v) is 13.4. The first-order valence-electron chi connectivity index (χ1n) is 11.2. The Morgan fingerprint density at radius 1 is 0.882 bits per heavy atom. The highest BCUT2D eigenvalue weighted by Crippen LogP contribution is 2.24. The summed E-state index contributed by atoms with van der Waals surface area (Å²) < 4.78 is 26.1. The molecule has 0 aliphatic carbocycles. The molecular weight excluding hydrogens is 470 g/mol. The van der Waals surface area contributed by atoms with Crippen molar-refractivity contribution in [1.82, 2.24) is 5.32 Å². The van der Waals surface area contributed by atoms with Gasteiger partial charge in [-0.05, 0) is 67.4 Å². The quantitative estimate of drug-likeness (QED) is 0.422. The lowest BCUT2D eigenvalue weighted by Crippen LogP contribution is -2.29. The molecule has 0 spiro atoms. The van der Waals surface area contributed by atoms with E-state index in [2.05, 4.69) is 36.2 Å². The zero-order valence-corrected chi connectivity index (χ0v) is 21.2. The fourth-order valence-electron chi connectivity index (χ4n) is 3.66. The summed E-state index contributed by atoms with van der Waals surface area (Å²) in [5.41, 5.74) is 3.77. The Morgan fingerprint density at radius 3 is 2.03 bits per heavy atom. The minimum Gasteiger partial charge on any atom is -0.372 e. The van der Waals surface area contributed by atoms with Crippen LogP contribution >= 0.6 is 11.6 Å². The first-order chi connectivity index (χ1) is 16.2. The van der Waals surface area contributed by atoms with Crippen LogP contribution in [-0.2, 0) is 23.1 Å². The highest BCUT2D eigenvalue weighted by atomic mass is 35.5. The molecule has 0 radical (unpaired) electrons. The SMILES string of the molecule is CCN(CC)c1ccc(CNC(=O)c2ccc(N(Cc3ccccc3Cl)S(C)(=O)=O)cc2)cc1. The maximum absolute atomic E-state index is 12.6. The molecule has 0 heterocycles. The molecule has 0 fully saturated rings. The highest BCUT2D eigenvalue weighted by molar-refractivity contribution is 7.92. The smallest absolute Gasteiger partial charge is 0.251 e. The van der Waals surface area contributed by atoms with Crippen molar-refractivity contribution >= 4 is 38.9 Å². The molecule has 180 valence electrons. The second kappa shape index (κ2) is 11.4. The molecule has 6 nitrogen and oxygen atoms in total. The van der Waals surface area contributed by atoms with Gasteiger partial charge < -0.3 is 10.2 Å². The Balaban J connectivity index is 1.67. The largest absolute Gasteiger partial charge is 0.372 e. The van der Waals surface area contributed by atoms with Crippen molar-refractivity contribution in [1.29, 1.82) is 0 Å². The molecule has 0 saturated heterocycles. The van der Waals surface area contributed by atoms with Crippen LogP contribution in [0.2, 0.25) is 5.02 Å². The van der Waals surface area contributed by atoms with E-state index in [0.717, 1.165) is 30.6 Å². The molecule has 0 aliphatic heterocycles. The van der Waals surface area contributed by atoms with E-state index in [9.17, 15) is 13.2 Å². The Hall–Kier alpha value is -3.03. The molecule has 1 N–H and O–H groups in total. The van der Waals surface area contributed by atoms with E-state index < -0.39 is 10.0 Å². The number of hydrogen-bond donors (Lipinski definition) is 1. The van der Waals surface area contributed by atoms with Crippen LogP contribution in [0.1, 0.15) is 35.3 Å². The summed E-state index contributed by atoms with van der Waals surface area (Å²) in [5.74, 6) is -0.226. The van der Waals surface area contributed by atoms with Gasteiger partial charge in [0.2, 0.25) is 10.0 Å². The number of nitrogens with zero attached hydrogens (tertiary/aromatic N) is 2. The maximum atomic E-state index is 12.6. The topological polar surface area (TPSA) is 69.7 Å². The summed E-state index contributed by atoms with van der Waals surface area (Å²) in [4.78, 5) is 14.9. The monoisotopic (exact) mass is 499 g/mol. The number of nitrogens with one attached hydrogen (secondary N) is 1. The predicted molar refractivity (Wildman–Crippen MR) is 140 cm³/mol. The van der Waals surface area contributed by atoms with Gasteiger partial charge in [0.15, 0.2) is 0 Å². The number of carbonyl (C=O) groups excluding carboxylic acids is 1. The van der Waals surface area contributed by atoms with Gasteiger partial charge in [-0.2, -0.15) is 0 Å². The lowest BCUT2D eigenvalue weighted by atomic mass is 10.1. The third kappa shape index (κ3) is 6.52. The van der Waals surface area contributed by atoms with Gasteiger partial charge >= 0.3 is 0 Å². The van der Waals surface area contributed by atoms with Crippen molar-refractivity contribution in [2.24, 2.45) is 0 Å². The van der Waals surface area contributed by atoms with Crippen LogP contribution in [-0.4, -0.2) is 33.7 Å². The van der Waals surface area contributed by atoms with E-state index in [1.807, 2.05) is 18.2 Å².